The second-order valence-electron chi connectivity index (χ2n) is 5.01. The molecule has 0 aliphatic rings. The predicted molar refractivity (Wildman–Crippen MR) is 105 cm³/mol. The van der Waals surface area contributed by atoms with E-state index in [1.807, 2.05) is 0 Å². The van der Waals surface area contributed by atoms with Crippen molar-refractivity contribution in [2.24, 2.45) is 0 Å². The molecule has 2 aromatic carbocycles. The van der Waals surface area contributed by atoms with Gasteiger partial charge in [-0.15, -0.1) is 0 Å². The Labute approximate surface area is 157 Å². The summed E-state index contributed by atoms with van der Waals surface area (Å²) in [5.41, 5.74) is 1.12. The zero-order valence-corrected chi connectivity index (χ0v) is 15.8. The van der Waals surface area contributed by atoms with Crippen LogP contribution in [-0.2, 0) is 14.8 Å². The van der Waals surface area contributed by atoms with Gasteiger partial charge in [0.25, 0.3) is 10.0 Å². The van der Waals surface area contributed by atoms with Gasteiger partial charge in [-0.25, -0.2) is 8.42 Å². The Morgan fingerprint density at radius 2 is 1.68 bits per heavy atom. The van der Waals surface area contributed by atoms with E-state index < -0.39 is 10.0 Å². The lowest BCUT2D eigenvalue weighted by Crippen LogP contribution is -2.31. The predicted octanol–water partition coefficient (Wildman–Crippen LogP) is 3.07. The molecule has 0 amide bonds. The smallest absolute Gasteiger partial charge is 0.261 e. The summed E-state index contributed by atoms with van der Waals surface area (Å²) in [6.07, 6.45) is 0. The highest BCUT2D eigenvalue weighted by Gasteiger charge is 2.14. The average Bonchev–Trinajstić information content (AvgIpc) is 2.57. The number of hydrogen-bond acceptors (Lipinski definition) is 4. The van der Waals surface area contributed by atoms with Crippen LogP contribution < -0.4 is 15.4 Å². The van der Waals surface area contributed by atoms with Gasteiger partial charge in [0.15, 0.2) is 5.11 Å². The molecule has 0 spiro atoms. The largest absolute Gasteiger partial charge is 0.383 e. The van der Waals surface area contributed by atoms with Crippen molar-refractivity contribution in [3.8, 4) is 0 Å². The van der Waals surface area contributed by atoms with E-state index in [2.05, 4.69) is 15.4 Å². The van der Waals surface area contributed by atoms with Crippen molar-refractivity contribution in [3.05, 3.63) is 53.6 Å². The maximum atomic E-state index is 12.4. The molecule has 0 bridgehead atoms. The van der Waals surface area contributed by atoms with Crippen LogP contribution in [0.3, 0.4) is 0 Å². The standard InChI is InChI=1S/C16H18ClN3O3S2/c1-23-11-10-18-16(24)19-13-6-8-15(9-7-13)25(21,22)20-14-4-2-12(17)3-5-14/h2-9,20H,10-11H2,1H3,(H2,18,19,24). The Bertz CT molecular complexity index is 810. The Hall–Kier alpha value is -1.87. The molecule has 6 nitrogen and oxygen atoms in total. The molecule has 134 valence electrons. The SMILES string of the molecule is COCCNC(=S)Nc1ccc(S(=O)(=O)Nc2ccc(Cl)cc2)cc1. The van der Waals surface area contributed by atoms with Gasteiger partial charge in [0, 0.05) is 30.1 Å². The summed E-state index contributed by atoms with van der Waals surface area (Å²) in [5.74, 6) is 0. The highest BCUT2D eigenvalue weighted by molar-refractivity contribution is 7.92. The third kappa shape index (κ3) is 6.17. The first kappa shape index (κ1) is 19.5. The molecule has 9 heteroatoms. The summed E-state index contributed by atoms with van der Waals surface area (Å²) in [6, 6.07) is 12.7. The van der Waals surface area contributed by atoms with Crippen molar-refractivity contribution in [2.45, 2.75) is 4.90 Å². The van der Waals surface area contributed by atoms with Gasteiger partial charge in [-0.3, -0.25) is 4.72 Å². The highest BCUT2D eigenvalue weighted by atomic mass is 35.5. The van der Waals surface area contributed by atoms with Crippen LogP contribution in [0.2, 0.25) is 5.02 Å². The summed E-state index contributed by atoms with van der Waals surface area (Å²) in [6.45, 7) is 1.12. The lowest BCUT2D eigenvalue weighted by atomic mass is 10.3. The molecule has 0 atom stereocenters. The molecule has 0 saturated carbocycles. The number of anilines is 2. The van der Waals surface area contributed by atoms with Crippen molar-refractivity contribution in [2.75, 3.05) is 30.3 Å². The number of halogens is 1. The van der Waals surface area contributed by atoms with Gasteiger partial charge in [-0.1, -0.05) is 11.6 Å². The summed E-state index contributed by atoms with van der Waals surface area (Å²) in [7, 11) is -2.07. The molecule has 2 aromatic rings. The molecule has 0 radical (unpaired) electrons. The number of hydrogen-bond donors (Lipinski definition) is 3. The van der Waals surface area contributed by atoms with Gasteiger partial charge in [0.1, 0.15) is 0 Å². The van der Waals surface area contributed by atoms with Crippen LogP contribution in [0.15, 0.2) is 53.4 Å². The minimum atomic E-state index is -3.67. The minimum absolute atomic E-state index is 0.145. The highest BCUT2D eigenvalue weighted by Crippen LogP contribution is 2.19. The number of ether oxygens (including phenoxy) is 1. The fraction of sp³-hybridized carbons (Fsp3) is 0.188. The monoisotopic (exact) mass is 399 g/mol. The number of methoxy groups -OCH3 is 1. The second kappa shape index (κ2) is 9.00. The zero-order valence-electron chi connectivity index (χ0n) is 13.5. The topological polar surface area (TPSA) is 79.5 Å². The Balaban J connectivity index is 2.00. The molecule has 0 aliphatic carbocycles. The molecule has 3 N–H and O–H groups in total. The van der Waals surface area contributed by atoms with Gasteiger partial charge >= 0.3 is 0 Å². The van der Waals surface area contributed by atoms with Crippen molar-refractivity contribution < 1.29 is 13.2 Å². The van der Waals surface area contributed by atoms with E-state index in [4.69, 9.17) is 28.6 Å². The molecule has 0 unspecified atom stereocenters. The summed E-state index contributed by atoms with van der Waals surface area (Å²) in [5, 5.41) is 6.91. The first-order valence-electron chi connectivity index (χ1n) is 7.33. The summed E-state index contributed by atoms with van der Waals surface area (Å²) < 4.78 is 32.2. The second-order valence-corrected chi connectivity index (χ2v) is 7.54. The van der Waals surface area contributed by atoms with E-state index in [1.54, 1.807) is 43.5 Å². The Morgan fingerprint density at radius 1 is 1.08 bits per heavy atom. The first-order valence-corrected chi connectivity index (χ1v) is 9.60. The molecule has 2 rings (SSSR count). The maximum absolute atomic E-state index is 12.4. The van der Waals surface area contributed by atoms with E-state index >= 15 is 0 Å². The van der Waals surface area contributed by atoms with Gasteiger partial charge in [-0.05, 0) is 60.7 Å². The molecule has 0 saturated heterocycles. The number of nitrogens with one attached hydrogen (secondary N) is 3. The van der Waals surface area contributed by atoms with E-state index in [9.17, 15) is 8.42 Å². The van der Waals surface area contributed by atoms with Crippen LogP contribution in [0.5, 0.6) is 0 Å². The zero-order chi connectivity index (χ0) is 18.3. The van der Waals surface area contributed by atoms with Crippen LogP contribution in [0.4, 0.5) is 11.4 Å². The fourth-order valence-electron chi connectivity index (χ4n) is 1.89. The molecule has 0 fully saturated rings. The number of sulfonamides is 1. The van der Waals surface area contributed by atoms with E-state index in [-0.39, 0.29) is 4.90 Å². The molecule has 0 aromatic heterocycles. The lowest BCUT2D eigenvalue weighted by molar-refractivity contribution is 0.204. The molecule has 25 heavy (non-hydrogen) atoms. The molecular weight excluding hydrogens is 382 g/mol. The van der Waals surface area contributed by atoms with E-state index in [0.717, 1.165) is 0 Å². The van der Waals surface area contributed by atoms with Crippen molar-refractivity contribution >= 4 is 50.3 Å². The average molecular weight is 400 g/mol. The van der Waals surface area contributed by atoms with E-state index in [1.165, 1.54) is 12.1 Å². The number of benzene rings is 2. The third-order valence-corrected chi connectivity index (χ3v) is 5.01. The van der Waals surface area contributed by atoms with Crippen LogP contribution >= 0.6 is 23.8 Å². The van der Waals surface area contributed by atoms with Crippen LogP contribution in [-0.4, -0.2) is 33.8 Å². The number of thiocarbonyl (C=S) groups is 1. The lowest BCUT2D eigenvalue weighted by Gasteiger charge is -2.11. The van der Waals surface area contributed by atoms with Gasteiger partial charge in [-0.2, -0.15) is 0 Å². The number of rotatable bonds is 7. The Kier molecular flexibility index (Phi) is 7.01. The van der Waals surface area contributed by atoms with Crippen LogP contribution in [0, 0.1) is 0 Å². The third-order valence-electron chi connectivity index (χ3n) is 3.11. The molecule has 0 aliphatic heterocycles. The Morgan fingerprint density at radius 3 is 2.28 bits per heavy atom. The minimum Gasteiger partial charge on any atom is -0.383 e. The first-order chi connectivity index (χ1) is 11.9. The quantitative estimate of drug-likeness (QED) is 0.490. The van der Waals surface area contributed by atoms with Crippen molar-refractivity contribution in [1.29, 1.82) is 0 Å². The van der Waals surface area contributed by atoms with Gasteiger partial charge in [0.2, 0.25) is 0 Å². The maximum Gasteiger partial charge on any atom is 0.261 e. The molecular formula is C16H18ClN3O3S2. The summed E-state index contributed by atoms with van der Waals surface area (Å²) in [4.78, 5) is 0.145. The van der Waals surface area contributed by atoms with Crippen LogP contribution in [0.25, 0.3) is 0 Å². The molecule has 0 heterocycles. The van der Waals surface area contributed by atoms with Crippen molar-refractivity contribution in [1.82, 2.24) is 5.32 Å². The normalized spacial score (nSPS) is 11.0. The van der Waals surface area contributed by atoms with Crippen molar-refractivity contribution in [3.63, 3.8) is 0 Å². The fourth-order valence-corrected chi connectivity index (χ4v) is 3.30. The van der Waals surface area contributed by atoms with Crippen LogP contribution in [0.1, 0.15) is 0 Å². The van der Waals surface area contributed by atoms with Gasteiger partial charge in [0.05, 0.1) is 11.5 Å². The van der Waals surface area contributed by atoms with E-state index in [0.29, 0.717) is 34.7 Å². The summed E-state index contributed by atoms with van der Waals surface area (Å²) >= 11 is 10.9. The van der Waals surface area contributed by atoms with Gasteiger partial charge < -0.3 is 15.4 Å².